The summed E-state index contributed by atoms with van der Waals surface area (Å²) in [6.07, 6.45) is 5.36. The lowest BCUT2D eigenvalue weighted by Crippen LogP contribution is -2.08. The van der Waals surface area contributed by atoms with Crippen LogP contribution in [0.1, 0.15) is 0 Å². The normalized spacial score (nSPS) is 11.1. The third-order valence-electron chi connectivity index (χ3n) is 2.75. The molecule has 5 heteroatoms. The van der Waals surface area contributed by atoms with E-state index in [1.165, 1.54) is 0 Å². The number of benzene rings is 1. The zero-order valence-electron chi connectivity index (χ0n) is 9.32. The predicted molar refractivity (Wildman–Crippen MR) is 66.4 cm³/mol. The Balaban J connectivity index is 1.81. The molecule has 1 aromatic carbocycles. The van der Waals surface area contributed by atoms with E-state index >= 15 is 0 Å². The van der Waals surface area contributed by atoms with Gasteiger partial charge in [-0.25, -0.2) is 0 Å². The van der Waals surface area contributed by atoms with Crippen molar-refractivity contribution in [1.82, 2.24) is 19.6 Å². The van der Waals surface area contributed by atoms with Crippen molar-refractivity contribution in [3.8, 4) is 0 Å². The molecule has 0 bridgehead atoms. The molecule has 5 nitrogen and oxygen atoms in total. The van der Waals surface area contributed by atoms with E-state index in [4.69, 9.17) is 5.73 Å². The molecule has 2 N–H and O–H groups in total. The van der Waals surface area contributed by atoms with Crippen molar-refractivity contribution < 1.29 is 0 Å². The zero-order valence-corrected chi connectivity index (χ0v) is 9.32. The largest absolute Gasteiger partial charge is 0.396 e. The molecule has 0 aliphatic heterocycles. The van der Waals surface area contributed by atoms with E-state index in [9.17, 15) is 0 Å². The molecule has 3 rings (SSSR count). The first-order chi connectivity index (χ1) is 8.33. The van der Waals surface area contributed by atoms with Gasteiger partial charge in [-0.1, -0.05) is 18.2 Å². The molecule has 3 aromatic rings. The first-order valence-corrected chi connectivity index (χ1v) is 5.51. The van der Waals surface area contributed by atoms with Crippen molar-refractivity contribution in [1.29, 1.82) is 0 Å². The van der Waals surface area contributed by atoms with Crippen molar-refractivity contribution in [2.45, 2.75) is 13.1 Å². The zero-order chi connectivity index (χ0) is 11.7. The van der Waals surface area contributed by atoms with Gasteiger partial charge in [0.15, 0.2) is 0 Å². The van der Waals surface area contributed by atoms with Gasteiger partial charge in [-0.05, 0) is 6.07 Å². The number of nitrogens with zero attached hydrogens (tertiary/aromatic N) is 4. The summed E-state index contributed by atoms with van der Waals surface area (Å²) in [5.74, 6) is 0. The first kappa shape index (κ1) is 9.89. The SMILES string of the molecule is Nc1cnn(CCn2ncc3ccccc32)c1. The van der Waals surface area contributed by atoms with Crippen LogP contribution in [0, 0.1) is 0 Å². The van der Waals surface area contributed by atoms with Gasteiger partial charge in [-0.15, -0.1) is 0 Å². The number of para-hydroxylation sites is 1. The van der Waals surface area contributed by atoms with Crippen molar-refractivity contribution in [3.63, 3.8) is 0 Å². The number of aromatic nitrogens is 4. The topological polar surface area (TPSA) is 61.7 Å². The number of aryl methyl sites for hydroxylation is 2. The second-order valence-electron chi connectivity index (χ2n) is 3.96. The van der Waals surface area contributed by atoms with Gasteiger partial charge in [0.1, 0.15) is 0 Å². The lowest BCUT2D eigenvalue weighted by molar-refractivity contribution is 0.510. The number of hydrogen-bond acceptors (Lipinski definition) is 3. The average Bonchev–Trinajstić information content (AvgIpc) is 2.93. The van der Waals surface area contributed by atoms with Gasteiger partial charge in [0, 0.05) is 11.6 Å². The molecule has 0 atom stereocenters. The molecule has 0 aliphatic rings. The summed E-state index contributed by atoms with van der Waals surface area (Å²) < 4.78 is 3.80. The Kier molecular flexibility index (Phi) is 2.29. The fourth-order valence-corrected chi connectivity index (χ4v) is 1.90. The number of nitrogens with two attached hydrogens (primary N) is 1. The maximum absolute atomic E-state index is 5.61. The Morgan fingerprint density at radius 2 is 1.94 bits per heavy atom. The number of anilines is 1. The van der Waals surface area contributed by atoms with Crippen LogP contribution in [-0.2, 0) is 13.1 Å². The van der Waals surface area contributed by atoms with Gasteiger partial charge < -0.3 is 5.73 Å². The van der Waals surface area contributed by atoms with Crippen LogP contribution in [0.3, 0.4) is 0 Å². The van der Waals surface area contributed by atoms with Crippen LogP contribution < -0.4 is 5.73 Å². The van der Waals surface area contributed by atoms with E-state index in [0.29, 0.717) is 5.69 Å². The number of hydrogen-bond donors (Lipinski definition) is 1. The Bertz CT molecular complexity index is 637. The Hall–Kier alpha value is -2.30. The van der Waals surface area contributed by atoms with Gasteiger partial charge in [0.2, 0.25) is 0 Å². The van der Waals surface area contributed by atoms with Crippen molar-refractivity contribution >= 4 is 16.6 Å². The van der Waals surface area contributed by atoms with Crippen LogP contribution in [0.4, 0.5) is 5.69 Å². The molecule has 0 saturated heterocycles. The summed E-state index contributed by atoms with van der Waals surface area (Å²) in [7, 11) is 0. The molecule has 0 amide bonds. The molecular formula is C12H13N5. The van der Waals surface area contributed by atoms with E-state index in [-0.39, 0.29) is 0 Å². The minimum atomic E-state index is 0.690. The molecule has 17 heavy (non-hydrogen) atoms. The first-order valence-electron chi connectivity index (χ1n) is 5.51. The quantitative estimate of drug-likeness (QED) is 0.737. The van der Waals surface area contributed by atoms with Crippen molar-refractivity contribution in [2.24, 2.45) is 0 Å². The van der Waals surface area contributed by atoms with Crippen LogP contribution in [0.15, 0.2) is 42.9 Å². The van der Waals surface area contributed by atoms with Crippen LogP contribution in [0.25, 0.3) is 10.9 Å². The van der Waals surface area contributed by atoms with E-state index in [2.05, 4.69) is 22.3 Å². The fourth-order valence-electron chi connectivity index (χ4n) is 1.90. The highest BCUT2D eigenvalue weighted by Crippen LogP contribution is 2.12. The van der Waals surface area contributed by atoms with Crippen molar-refractivity contribution in [3.05, 3.63) is 42.9 Å². The Labute approximate surface area is 98.5 Å². The van der Waals surface area contributed by atoms with E-state index in [0.717, 1.165) is 24.0 Å². The second-order valence-corrected chi connectivity index (χ2v) is 3.96. The van der Waals surface area contributed by atoms with Crippen LogP contribution in [0.5, 0.6) is 0 Å². The molecule has 2 heterocycles. The minimum absolute atomic E-state index is 0.690. The maximum atomic E-state index is 5.61. The van der Waals surface area contributed by atoms with Crippen LogP contribution in [-0.4, -0.2) is 19.6 Å². The smallest absolute Gasteiger partial charge is 0.0719 e. The van der Waals surface area contributed by atoms with Gasteiger partial charge in [-0.2, -0.15) is 10.2 Å². The minimum Gasteiger partial charge on any atom is -0.396 e. The summed E-state index contributed by atoms with van der Waals surface area (Å²) >= 11 is 0. The summed E-state index contributed by atoms with van der Waals surface area (Å²) in [5.41, 5.74) is 7.45. The molecule has 86 valence electrons. The summed E-state index contributed by atoms with van der Waals surface area (Å²) in [6, 6.07) is 8.17. The molecule has 0 aliphatic carbocycles. The standard InChI is InChI=1S/C12H13N5/c13-11-8-14-16(9-11)5-6-17-12-4-2-1-3-10(12)7-15-17/h1-4,7-9H,5-6,13H2. The average molecular weight is 227 g/mol. The summed E-state index contributed by atoms with van der Waals surface area (Å²) in [4.78, 5) is 0. The highest BCUT2D eigenvalue weighted by molar-refractivity contribution is 5.78. The summed E-state index contributed by atoms with van der Waals surface area (Å²) in [5, 5.41) is 9.67. The number of rotatable bonds is 3. The Morgan fingerprint density at radius 1 is 1.06 bits per heavy atom. The molecule has 0 saturated carbocycles. The maximum Gasteiger partial charge on any atom is 0.0719 e. The molecule has 0 spiro atoms. The summed E-state index contributed by atoms with van der Waals surface area (Å²) in [6.45, 7) is 1.55. The van der Waals surface area contributed by atoms with Gasteiger partial charge in [0.25, 0.3) is 0 Å². The third kappa shape index (κ3) is 1.87. The van der Waals surface area contributed by atoms with Crippen LogP contribution >= 0.6 is 0 Å². The second kappa shape index (κ2) is 3.93. The van der Waals surface area contributed by atoms with Gasteiger partial charge >= 0.3 is 0 Å². The molecule has 2 aromatic heterocycles. The molecule has 0 radical (unpaired) electrons. The molecule has 0 unspecified atom stereocenters. The van der Waals surface area contributed by atoms with Gasteiger partial charge in [0.05, 0.1) is 36.7 Å². The lowest BCUT2D eigenvalue weighted by atomic mass is 10.3. The highest BCUT2D eigenvalue weighted by Gasteiger charge is 2.01. The fraction of sp³-hybridized carbons (Fsp3) is 0.167. The van der Waals surface area contributed by atoms with E-state index in [1.54, 1.807) is 6.20 Å². The predicted octanol–water partition coefficient (Wildman–Crippen LogP) is 1.52. The lowest BCUT2D eigenvalue weighted by Gasteiger charge is -2.03. The molecular weight excluding hydrogens is 214 g/mol. The molecule has 0 fully saturated rings. The monoisotopic (exact) mass is 227 g/mol. The number of fused-ring (bicyclic) bond motifs is 1. The third-order valence-corrected chi connectivity index (χ3v) is 2.75. The van der Waals surface area contributed by atoms with Gasteiger partial charge in [-0.3, -0.25) is 9.36 Å². The Morgan fingerprint density at radius 3 is 2.76 bits per heavy atom. The van der Waals surface area contributed by atoms with E-state index < -0.39 is 0 Å². The van der Waals surface area contributed by atoms with E-state index in [1.807, 2.05) is 33.9 Å². The number of nitrogen functional groups attached to an aromatic ring is 1. The van der Waals surface area contributed by atoms with Crippen molar-refractivity contribution in [2.75, 3.05) is 5.73 Å². The van der Waals surface area contributed by atoms with Crippen LogP contribution in [0.2, 0.25) is 0 Å². The highest BCUT2D eigenvalue weighted by atomic mass is 15.3.